The van der Waals surface area contributed by atoms with Gasteiger partial charge in [0.2, 0.25) is 0 Å². The second-order valence-corrected chi connectivity index (χ2v) is 7.33. The van der Waals surface area contributed by atoms with Gasteiger partial charge in [0, 0.05) is 10.9 Å². The summed E-state index contributed by atoms with van der Waals surface area (Å²) in [6.07, 6.45) is 0. The minimum atomic E-state index is -0.443. The molecule has 0 fully saturated rings. The van der Waals surface area contributed by atoms with Gasteiger partial charge in [-0.15, -0.1) is 0 Å². The average molecular weight is 420 g/mol. The van der Waals surface area contributed by atoms with E-state index in [-0.39, 0.29) is 6.61 Å². The van der Waals surface area contributed by atoms with Crippen molar-refractivity contribution in [1.29, 1.82) is 0 Å². The van der Waals surface area contributed by atoms with Gasteiger partial charge in [-0.25, -0.2) is 4.79 Å². The van der Waals surface area contributed by atoms with Gasteiger partial charge in [0.25, 0.3) is 0 Å². The molecule has 0 aliphatic carbocycles. The molecule has 0 N–H and O–H groups in total. The van der Waals surface area contributed by atoms with Crippen molar-refractivity contribution in [3.05, 3.63) is 109 Å². The Morgan fingerprint density at radius 2 is 1.28 bits per heavy atom. The maximum Gasteiger partial charge on any atom is 0.349 e. The Hall–Kier alpha value is -4.31. The summed E-state index contributed by atoms with van der Waals surface area (Å²) in [5.74, 6) is 1.52. The molecule has 0 spiro atoms. The minimum absolute atomic E-state index is 0.152. The molecule has 0 saturated heterocycles. The Bertz CT molecular complexity index is 1300. The van der Waals surface area contributed by atoms with Gasteiger partial charge in [0.15, 0.2) is 6.61 Å². The number of furan rings is 1. The smallest absolute Gasteiger partial charge is 0.349 e. The van der Waals surface area contributed by atoms with E-state index in [0.29, 0.717) is 11.5 Å². The molecule has 1 heterocycles. The summed E-state index contributed by atoms with van der Waals surface area (Å²) < 4.78 is 16.7. The zero-order valence-electron chi connectivity index (χ0n) is 17.2. The lowest BCUT2D eigenvalue weighted by molar-refractivity contribution is -0.136. The number of rotatable bonds is 6. The van der Waals surface area contributed by atoms with Gasteiger partial charge in [-0.3, -0.25) is 0 Å². The molecule has 0 aliphatic rings. The summed E-state index contributed by atoms with van der Waals surface area (Å²) in [7, 11) is 0. The highest BCUT2D eigenvalue weighted by Gasteiger charge is 2.08. The zero-order valence-corrected chi connectivity index (χ0v) is 17.2. The monoisotopic (exact) mass is 420 g/mol. The molecule has 156 valence electrons. The van der Waals surface area contributed by atoms with Gasteiger partial charge >= 0.3 is 5.97 Å². The summed E-state index contributed by atoms with van der Waals surface area (Å²) in [6.45, 7) is -0.152. The van der Waals surface area contributed by atoms with Gasteiger partial charge < -0.3 is 13.9 Å². The third kappa shape index (κ3) is 4.40. The molecule has 0 bridgehead atoms. The highest BCUT2D eigenvalue weighted by molar-refractivity contribution is 5.83. The number of carbonyl (C=O) groups excluding carboxylic acids is 1. The van der Waals surface area contributed by atoms with E-state index >= 15 is 0 Å². The number of carbonyl (C=O) groups is 1. The van der Waals surface area contributed by atoms with Crippen molar-refractivity contribution in [1.82, 2.24) is 0 Å². The molecule has 0 aliphatic heterocycles. The lowest BCUT2D eigenvalue weighted by Gasteiger charge is -2.08. The molecule has 0 saturated carbocycles. The lowest BCUT2D eigenvalue weighted by atomic mass is 10.0. The Labute approximate surface area is 185 Å². The van der Waals surface area contributed by atoms with E-state index in [4.69, 9.17) is 13.9 Å². The van der Waals surface area contributed by atoms with Crippen molar-refractivity contribution < 1.29 is 18.7 Å². The number of ether oxygens (including phenoxy) is 2. The van der Waals surface area contributed by atoms with E-state index in [0.717, 1.165) is 33.4 Å². The molecule has 0 amide bonds. The first kappa shape index (κ1) is 19.6. The molecular formula is C28H20O4. The first-order chi connectivity index (χ1) is 15.7. The van der Waals surface area contributed by atoms with Crippen LogP contribution in [0.5, 0.6) is 11.5 Å². The van der Waals surface area contributed by atoms with E-state index in [1.54, 1.807) is 12.1 Å². The lowest BCUT2D eigenvalue weighted by Crippen LogP contribution is -2.17. The number of benzene rings is 4. The molecule has 0 atom stereocenters. The Morgan fingerprint density at radius 3 is 2.00 bits per heavy atom. The van der Waals surface area contributed by atoms with Crippen LogP contribution in [0.1, 0.15) is 0 Å². The van der Waals surface area contributed by atoms with E-state index in [1.807, 2.05) is 66.7 Å². The van der Waals surface area contributed by atoms with Crippen molar-refractivity contribution >= 4 is 16.9 Å². The van der Waals surface area contributed by atoms with Gasteiger partial charge in [-0.2, -0.15) is 0 Å². The Morgan fingerprint density at radius 1 is 0.656 bits per heavy atom. The number of hydrogen-bond acceptors (Lipinski definition) is 4. The molecular weight excluding hydrogens is 400 g/mol. The van der Waals surface area contributed by atoms with E-state index < -0.39 is 5.97 Å². The van der Waals surface area contributed by atoms with Crippen LogP contribution in [0.15, 0.2) is 114 Å². The maximum absolute atomic E-state index is 11.9. The third-order valence-corrected chi connectivity index (χ3v) is 5.11. The topological polar surface area (TPSA) is 48.7 Å². The highest BCUT2D eigenvalue weighted by atomic mass is 16.6. The van der Waals surface area contributed by atoms with Crippen LogP contribution in [0.4, 0.5) is 0 Å². The second-order valence-electron chi connectivity index (χ2n) is 7.33. The summed E-state index contributed by atoms with van der Waals surface area (Å²) in [5, 5.41) is 1.09. The molecule has 4 heteroatoms. The van der Waals surface area contributed by atoms with Gasteiger partial charge in [-0.05, 0) is 47.5 Å². The van der Waals surface area contributed by atoms with E-state index in [2.05, 4.69) is 30.3 Å². The summed E-state index contributed by atoms with van der Waals surface area (Å²) >= 11 is 0. The molecule has 4 nitrogen and oxygen atoms in total. The largest absolute Gasteiger partial charge is 0.482 e. The van der Waals surface area contributed by atoms with Gasteiger partial charge in [0.05, 0.1) is 0 Å². The number of hydrogen-bond donors (Lipinski definition) is 0. The number of fused-ring (bicyclic) bond motifs is 1. The predicted octanol–water partition coefficient (Wildman–Crippen LogP) is 6.75. The fourth-order valence-electron chi connectivity index (χ4n) is 3.49. The van der Waals surface area contributed by atoms with E-state index in [9.17, 15) is 4.79 Å². The predicted molar refractivity (Wildman–Crippen MR) is 125 cm³/mol. The van der Waals surface area contributed by atoms with Crippen LogP contribution in [0.25, 0.3) is 33.4 Å². The van der Waals surface area contributed by atoms with Crippen LogP contribution in [-0.4, -0.2) is 12.6 Å². The van der Waals surface area contributed by atoms with E-state index in [1.165, 1.54) is 0 Å². The van der Waals surface area contributed by atoms with Crippen molar-refractivity contribution in [2.45, 2.75) is 0 Å². The first-order valence-corrected chi connectivity index (χ1v) is 10.3. The normalized spacial score (nSPS) is 10.8. The van der Waals surface area contributed by atoms with Gasteiger partial charge in [0.1, 0.15) is 22.8 Å². The van der Waals surface area contributed by atoms with Crippen molar-refractivity contribution in [2.24, 2.45) is 0 Å². The van der Waals surface area contributed by atoms with Crippen LogP contribution >= 0.6 is 0 Å². The quantitative estimate of drug-likeness (QED) is 0.225. The molecule has 5 aromatic rings. The molecule has 4 aromatic carbocycles. The standard InChI is InChI=1S/C28H20O4/c29-28(31-25-7-2-1-3-8-25)19-30-24-16-14-21(15-17-24)20-10-12-22(13-11-20)27-18-23-6-4-5-9-26(23)32-27/h1-18H,19H2. The third-order valence-electron chi connectivity index (χ3n) is 5.11. The number of esters is 1. The summed E-state index contributed by atoms with van der Waals surface area (Å²) in [4.78, 5) is 11.9. The molecule has 0 unspecified atom stereocenters. The molecule has 1 aromatic heterocycles. The van der Waals surface area contributed by atoms with Crippen molar-refractivity contribution in [2.75, 3.05) is 6.61 Å². The Balaban J connectivity index is 1.22. The highest BCUT2D eigenvalue weighted by Crippen LogP contribution is 2.30. The second kappa shape index (κ2) is 8.82. The Kier molecular flexibility index (Phi) is 5.41. The van der Waals surface area contributed by atoms with Crippen molar-refractivity contribution in [3.63, 3.8) is 0 Å². The molecule has 32 heavy (non-hydrogen) atoms. The van der Waals surface area contributed by atoms with Gasteiger partial charge in [-0.1, -0.05) is 72.8 Å². The van der Waals surface area contributed by atoms with Crippen molar-refractivity contribution in [3.8, 4) is 33.9 Å². The van der Waals surface area contributed by atoms with Crippen LogP contribution in [-0.2, 0) is 4.79 Å². The SMILES string of the molecule is O=C(COc1ccc(-c2ccc(-c3cc4ccccc4o3)cc2)cc1)Oc1ccccc1. The van der Waals surface area contributed by atoms with Crippen LogP contribution in [0, 0.1) is 0 Å². The number of para-hydroxylation sites is 2. The fourth-order valence-corrected chi connectivity index (χ4v) is 3.49. The zero-order chi connectivity index (χ0) is 21.8. The summed E-state index contributed by atoms with van der Waals surface area (Å²) in [6, 6.07) is 34.8. The maximum atomic E-state index is 11.9. The first-order valence-electron chi connectivity index (χ1n) is 10.3. The minimum Gasteiger partial charge on any atom is -0.482 e. The van der Waals surface area contributed by atoms with Crippen LogP contribution in [0.3, 0.4) is 0 Å². The fraction of sp³-hybridized carbons (Fsp3) is 0.0357. The molecule has 0 radical (unpaired) electrons. The summed E-state index contributed by atoms with van der Waals surface area (Å²) in [5.41, 5.74) is 4.05. The average Bonchev–Trinajstić information content (AvgIpc) is 3.28. The van der Waals surface area contributed by atoms with Crippen LogP contribution in [0.2, 0.25) is 0 Å². The van der Waals surface area contributed by atoms with Crippen LogP contribution < -0.4 is 9.47 Å². The molecule has 5 rings (SSSR count).